The molecule has 0 aromatic carbocycles. The van der Waals surface area contributed by atoms with Gasteiger partial charge in [0.15, 0.2) is 0 Å². The molecule has 0 saturated carbocycles. The van der Waals surface area contributed by atoms with Crippen LogP contribution in [0.2, 0.25) is 0 Å². The molecule has 1 aromatic heterocycles. The third-order valence-corrected chi connectivity index (χ3v) is 3.38. The van der Waals surface area contributed by atoms with Gasteiger partial charge in [-0.1, -0.05) is 0 Å². The number of H-pyrrole nitrogens is 1. The van der Waals surface area contributed by atoms with E-state index in [0.29, 0.717) is 5.69 Å². The van der Waals surface area contributed by atoms with Crippen molar-refractivity contribution in [3.8, 4) is 0 Å². The van der Waals surface area contributed by atoms with Crippen molar-refractivity contribution in [2.24, 2.45) is 0 Å². The van der Waals surface area contributed by atoms with E-state index in [1.165, 1.54) is 6.92 Å². The lowest BCUT2D eigenvalue weighted by atomic mass is 10.3. The van der Waals surface area contributed by atoms with Gasteiger partial charge in [-0.3, -0.25) is 0 Å². The van der Waals surface area contributed by atoms with Crippen molar-refractivity contribution in [1.29, 1.82) is 0 Å². The summed E-state index contributed by atoms with van der Waals surface area (Å²) in [7, 11) is 1.64. The third kappa shape index (κ3) is 1.97. The summed E-state index contributed by atoms with van der Waals surface area (Å²) in [4.78, 5) is 2.78. The van der Waals surface area contributed by atoms with Crippen molar-refractivity contribution in [1.82, 2.24) is 4.98 Å². The molecule has 11 heavy (non-hydrogen) atoms. The fourth-order valence-electron chi connectivity index (χ4n) is 0.749. The SMILES string of the molecule is CC(c1ccc[nH]1)S(=O)(=O)Cl. The first-order valence-corrected chi connectivity index (χ1v) is 5.46. The average molecular weight is 194 g/mol. The Hall–Kier alpha value is -0.480. The highest BCUT2D eigenvalue weighted by Gasteiger charge is 2.19. The van der Waals surface area contributed by atoms with Crippen molar-refractivity contribution in [2.75, 3.05) is 0 Å². The largest absolute Gasteiger partial charge is 0.364 e. The lowest BCUT2D eigenvalue weighted by molar-refractivity contribution is 0.599. The van der Waals surface area contributed by atoms with Gasteiger partial charge >= 0.3 is 0 Å². The van der Waals surface area contributed by atoms with Crippen LogP contribution in [0.4, 0.5) is 0 Å². The van der Waals surface area contributed by atoms with E-state index in [2.05, 4.69) is 4.98 Å². The number of hydrogen-bond acceptors (Lipinski definition) is 2. The van der Waals surface area contributed by atoms with Gasteiger partial charge in [0.05, 0.1) is 0 Å². The van der Waals surface area contributed by atoms with Gasteiger partial charge in [-0.15, -0.1) is 0 Å². The van der Waals surface area contributed by atoms with Gasteiger partial charge in [-0.25, -0.2) is 8.42 Å². The van der Waals surface area contributed by atoms with E-state index >= 15 is 0 Å². The number of nitrogens with one attached hydrogen (secondary N) is 1. The van der Waals surface area contributed by atoms with Crippen LogP contribution in [0.25, 0.3) is 0 Å². The Morgan fingerprint density at radius 3 is 2.64 bits per heavy atom. The Labute approximate surface area is 69.8 Å². The number of aromatic amines is 1. The molecule has 5 heteroatoms. The lowest BCUT2D eigenvalue weighted by Crippen LogP contribution is -2.02. The number of halogens is 1. The van der Waals surface area contributed by atoms with Gasteiger partial charge in [0.1, 0.15) is 5.25 Å². The zero-order valence-corrected chi connectivity index (χ0v) is 7.48. The number of aromatic nitrogens is 1. The summed E-state index contributed by atoms with van der Waals surface area (Å²) in [6, 6.07) is 3.42. The highest BCUT2D eigenvalue weighted by atomic mass is 35.7. The molecule has 3 nitrogen and oxygen atoms in total. The van der Waals surface area contributed by atoms with Gasteiger partial charge in [-0.2, -0.15) is 0 Å². The predicted octanol–water partition coefficient (Wildman–Crippen LogP) is 1.64. The molecule has 0 aliphatic rings. The molecule has 1 N–H and O–H groups in total. The smallest absolute Gasteiger partial charge is 0.240 e. The second-order valence-corrected chi connectivity index (χ2v) is 5.19. The highest BCUT2D eigenvalue weighted by molar-refractivity contribution is 8.13. The molecule has 0 aliphatic heterocycles. The summed E-state index contributed by atoms with van der Waals surface area (Å²) in [5.74, 6) is 0. The fraction of sp³-hybridized carbons (Fsp3) is 0.333. The first-order valence-electron chi connectivity index (χ1n) is 3.08. The van der Waals surface area contributed by atoms with Crippen molar-refractivity contribution < 1.29 is 8.42 Å². The molecule has 1 aromatic rings. The van der Waals surface area contributed by atoms with Crippen molar-refractivity contribution >= 4 is 19.7 Å². The molecule has 1 heterocycles. The van der Waals surface area contributed by atoms with Gasteiger partial charge < -0.3 is 4.98 Å². The number of rotatable bonds is 2. The Bertz CT molecular complexity index is 316. The minimum atomic E-state index is -3.48. The summed E-state index contributed by atoms with van der Waals surface area (Å²) in [5, 5.41) is -0.667. The van der Waals surface area contributed by atoms with Crippen molar-refractivity contribution in [2.45, 2.75) is 12.2 Å². The maximum absolute atomic E-state index is 10.8. The van der Waals surface area contributed by atoms with E-state index in [-0.39, 0.29) is 0 Å². The van der Waals surface area contributed by atoms with Gasteiger partial charge in [0, 0.05) is 22.6 Å². The summed E-state index contributed by atoms with van der Waals surface area (Å²) < 4.78 is 21.6. The standard InChI is InChI=1S/C6H8ClNO2S/c1-5(11(7,9)10)6-3-2-4-8-6/h2-5,8H,1H3. The second-order valence-electron chi connectivity index (χ2n) is 2.24. The van der Waals surface area contributed by atoms with Crippen molar-refractivity contribution in [3.05, 3.63) is 24.0 Å². The van der Waals surface area contributed by atoms with Crippen molar-refractivity contribution in [3.63, 3.8) is 0 Å². The Morgan fingerprint density at radius 2 is 2.27 bits per heavy atom. The van der Waals surface area contributed by atoms with E-state index in [1.54, 1.807) is 18.3 Å². The Kier molecular flexibility index (Phi) is 2.25. The van der Waals surface area contributed by atoms with Crippen LogP contribution < -0.4 is 0 Å². The fourth-order valence-corrected chi connectivity index (χ4v) is 1.49. The molecule has 0 saturated heterocycles. The Morgan fingerprint density at radius 1 is 1.64 bits per heavy atom. The predicted molar refractivity (Wildman–Crippen MR) is 44.0 cm³/mol. The normalized spacial score (nSPS) is 14.7. The first-order chi connectivity index (χ1) is 5.02. The zero-order valence-electron chi connectivity index (χ0n) is 5.91. The maximum Gasteiger partial charge on any atom is 0.240 e. The second kappa shape index (κ2) is 2.87. The van der Waals surface area contributed by atoms with E-state index in [9.17, 15) is 8.42 Å². The van der Waals surface area contributed by atoms with E-state index in [4.69, 9.17) is 10.7 Å². The first kappa shape index (κ1) is 8.62. The van der Waals surface area contributed by atoms with Crippen LogP contribution >= 0.6 is 10.7 Å². The third-order valence-electron chi connectivity index (χ3n) is 1.48. The molecule has 0 aliphatic carbocycles. The van der Waals surface area contributed by atoms with Crippen LogP contribution in [0.1, 0.15) is 17.9 Å². The van der Waals surface area contributed by atoms with Crippen LogP contribution in [0.15, 0.2) is 18.3 Å². The molecule has 1 atom stereocenters. The lowest BCUT2D eigenvalue weighted by Gasteiger charge is -2.03. The summed E-state index contributed by atoms with van der Waals surface area (Å²) in [6.45, 7) is 1.54. The molecule has 1 unspecified atom stereocenters. The molecule has 0 spiro atoms. The van der Waals surface area contributed by atoms with Crippen LogP contribution in [-0.2, 0) is 9.05 Å². The average Bonchev–Trinajstić information content (AvgIpc) is 2.34. The molecular weight excluding hydrogens is 186 g/mol. The van der Waals surface area contributed by atoms with Gasteiger partial charge in [0.25, 0.3) is 0 Å². The molecule has 62 valence electrons. The van der Waals surface area contributed by atoms with Crippen LogP contribution in [-0.4, -0.2) is 13.4 Å². The van der Waals surface area contributed by atoms with Gasteiger partial charge in [-0.05, 0) is 19.1 Å². The summed E-state index contributed by atoms with van der Waals surface area (Å²) >= 11 is 0. The minimum Gasteiger partial charge on any atom is -0.364 e. The Balaban J connectivity index is 2.97. The molecular formula is C6H8ClNO2S. The quantitative estimate of drug-likeness (QED) is 0.727. The molecule has 0 amide bonds. The van der Waals surface area contributed by atoms with E-state index in [0.717, 1.165) is 0 Å². The minimum absolute atomic E-state index is 0.611. The number of hydrogen-bond donors (Lipinski definition) is 1. The monoisotopic (exact) mass is 193 g/mol. The topological polar surface area (TPSA) is 49.9 Å². The van der Waals surface area contributed by atoms with E-state index < -0.39 is 14.3 Å². The molecule has 0 radical (unpaired) electrons. The molecule has 0 fully saturated rings. The summed E-state index contributed by atoms with van der Waals surface area (Å²) in [6.07, 6.45) is 1.66. The zero-order chi connectivity index (χ0) is 8.48. The maximum atomic E-state index is 10.8. The van der Waals surface area contributed by atoms with Crippen LogP contribution in [0.3, 0.4) is 0 Å². The summed E-state index contributed by atoms with van der Waals surface area (Å²) in [5.41, 5.74) is 0.611. The highest BCUT2D eigenvalue weighted by Crippen LogP contribution is 2.22. The van der Waals surface area contributed by atoms with E-state index in [1.807, 2.05) is 0 Å². The van der Waals surface area contributed by atoms with Gasteiger partial charge in [0.2, 0.25) is 9.05 Å². The molecule has 1 rings (SSSR count). The van der Waals surface area contributed by atoms with Crippen LogP contribution in [0.5, 0.6) is 0 Å². The van der Waals surface area contributed by atoms with Crippen LogP contribution in [0, 0.1) is 0 Å². The molecule has 0 bridgehead atoms.